The second-order valence-electron chi connectivity index (χ2n) is 4.37. The molecule has 0 radical (unpaired) electrons. The molecule has 0 aliphatic rings. The Balaban J connectivity index is 3.10. The SMILES string of the molecule is CC(C)(CO)[C@H](N)c1cc(O)ccc1O. The van der Waals surface area contributed by atoms with Gasteiger partial charge >= 0.3 is 0 Å². The van der Waals surface area contributed by atoms with E-state index in [1.807, 2.05) is 0 Å². The van der Waals surface area contributed by atoms with Gasteiger partial charge in [-0.15, -0.1) is 0 Å². The monoisotopic (exact) mass is 211 g/mol. The normalized spacial score (nSPS) is 13.9. The highest BCUT2D eigenvalue weighted by Crippen LogP contribution is 2.36. The predicted octanol–water partition coefficient (Wildman–Crippen LogP) is 1.12. The molecule has 1 aromatic carbocycles. The van der Waals surface area contributed by atoms with Gasteiger partial charge in [-0.2, -0.15) is 0 Å². The van der Waals surface area contributed by atoms with Crippen molar-refractivity contribution < 1.29 is 15.3 Å². The van der Waals surface area contributed by atoms with Crippen LogP contribution in [0.3, 0.4) is 0 Å². The number of rotatable bonds is 3. The van der Waals surface area contributed by atoms with E-state index in [1.165, 1.54) is 18.2 Å². The number of aromatic hydroxyl groups is 2. The van der Waals surface area contributed by atoms with Crippen LogP contribution in [0.25, 0.3) is 0 Å². The highest BCUT2D eigenvalue weighted by atomic mass is 16.3. The Labute approximate surface area is 89.0 Å². The molecule has 0 fully saturated rings. The quantitative estimate of drug-likeness (QED) is 0.564. The maximum absolute atomic E-state index is 9.59. The zero-order valence-electron chi connectivity index (χ0n) is 8.94. The average Bonchev–Trinajstić information content (AvgIpc) is 2.20. The highest BCUT2D eigenvalue weighted by Gasteiger charge is 2.29. The van der Waals surface area contributed by atoms with E-state index in [-0.39, 0.29) is 18.1 Å². The van der Waals surface area contributed by atoms with E-state index in [9.17, 15) is 10.2 Å². The number of aliphatic hydroxyl groups excluding tert-OH is 1. The van der Waals surface area contributed by atoms with Crippen molar-refractivity contribution in [3.05, 3.63) is 23.8 Å². The van der Waals surface area contributed by atoms with Gasteiger partial charge in [0, 0.05) is 23.6 Å². The lowest BCUT2D eigenvalue weighted by Crippen LogP contribution is -2.32. The van der Waals surface area contributed by atoms with Gasteiger partial charge in [-0.3, -0.25) is 0 Å². The second kappa shape index (κ2) is 4.08. The van der Waals surface area contributed by atoms with Crippen LogP contribution in [0.2, 0.25) is 0 Å². The number of aliphatic hydroxyl groups is 1. The van der Waals surface area contributed by atoms with E-state index in [0.29, 0.717) is 5.56 Å². The van der Waals surface area contributed by atoms with E-state index >= 15 is 0 Å². The summed E-state index contributed by atoms with van der Waals surface area (Å²) in [6, 6.07) is 3.65. The van der Waals surface area contributed by atoms with Gasteiger partial charge in [0.1, 0.15) is 11.5 Å². The molecule has 0 aliphatic heterocycles. The van der Waals surface area contributed by atoms with Crippen LogP contribution in [0, 0.1) is 5.41 Å². The van der Waals surface area contributed by atoms with E-state index < -0.39 is 11.5 Å². The van der Waals surface area contributed by atoms with Crippen molar-refractivity contribution in [1.82, 2.24) is 0 Å². The molecule has 0 heterocycles. The van der Waals surface area contributed by atoms with Gasteiger partial charge in [0.2, 0.25) is 0 Å². The van der Waals surface area contributed by atoms with Gasteiger partial charge < -0.3 is 21.1 Å². The lowest BCUT2D eigenvalue weighted by Gasteiger charge is -2.30. The van der Waals surface area contributed by atoms with Crippen molar-refractivity contribution in [3.63, 3.8) is 0 Å². The third-order valence-corrected chi connectivity index (χ3v) is 2.60. The number of phenols is 2. The molecule has 84 valence electrons. The van der Waals surface area contributed by atoms with Gasteiger partial charge in [0.25, 0.3) is 0 Å². The molecule has 15 heavy (non-hydrogen) atoms. The molecule has 0 bridgehead atoms. The van der Waals surface area contributed by atoms with Gasteiger partial charge in [-0.05, 0) is 18.2 Å². The summed E-state index contributed by atoms with van der Waals surface area (Å²) in [4.78, 5) is 0. The Bertz CT molecular complexity index is 350. The number of hydrogen-bond donors (Lipinski definition) is 4. The summed E-state index contributed by atoms with van der Waals surface area (Å²) in [6.07, 6.45) is 0. The molecule has 1 aromatic rings. The van der Waals surface area contributed by atoms with Gasteiger partial charge in [0.05, 0.1) is 0 Å². The summed E-state index contributed by atoms with van der Waals surface area (Å²) < 4.78 is 0. The van der Waals surface area contributed by atoms with Crippen LogP contribution in [0.1, 0.15) is 25.5 Å². The number of nitrogens with two attached hydrogens (primary N) is 1. The van der Waals surface area contributed by atoms with E-state index in [4.69, 9.17) is 10.8 Å². The maximum Gasteiger partial charge on any atom is 0.120 e. The minimum absolute atomic E-state index is 0.0295. The summed E-state index contributed by atoms with van der Waals surface area (Å²) in [6.45, 7) is 3.49. The summed E-state index contributed by atoms with van der Waals surface area (Å²) in [5, 5.41) is 28.0. The Morgan fingerprint density at radius 2 is 1.93 bits per heavy atom. The third kappa shape index (κ3) is 2.40. The summed E-state index contributed by atoms with van der Waals surface area (Å²) >= 11 is 0. The first-order valence-corrected chi connectivity index (χ1v) is 4.77. The fourth-order valence-corrected chi connectivity index (χ4v) is 1.31. The highest BCUT2D eigenvalue weighted by molar-refractivity contribution is 5.41. The Kier molecular flexibility index (Phi) is 3.21. The molecule has 0 unspecified atom stereocenters. The molecule has 0 saturated carbocycles. The smallest absolute Gasteiger partial charge is 0.120 e. The molecule has 1 rings (SSSR count). The maximum atomic E-state index is 9.59. The van der Waals surface area contributed by atoms with E-state index in [2.05, 4.69) is 0 Å². The predicted molar refractivity (Wildman–Crippen MR) is 57.6 cm³/mol. The lowest BCUT2D eigenvalue weighted by molar-refractivity contribution is 0.131. The largest absolute Gasteiger partial charge is 0.508 e. The molecular weight excluding hydrogens is 194 g/mol. The second-order valence-corrected chi connectivity index (χ2v) is 4.37. The molecule has 4 nitrogen and oxygen atoms in total. The fraction of sp³-hybridized carbons (Fsp3) is 0.455. The molecule has 0 spiro atoms. The minimum Gasteiger partial charge on any atom is -0.508 e. The molecule has 0 saturated heterocycles. The molecule has 0 aliphatic carbocycles. The van der Waals surface area contributed by atoms with Crippen LogP contribution < -0.4 is 5.73 Å². The van der Waals surface area contributed by atoms with E-state index in [0.717, 1.165) is 0 Å². The molecule has 4 heteroatoms. The van der Waals surface area contributed by atoms with Crippen molar-refractivity contribution in [2.75, 3.05) is 6.61 Å². The number of hydrogen-bond acceptors (Lipinski definition) is 4. The zero-order chi connectivity index (χ0) is 11.6. The fourth-order valence-electron chi connectivity index (χ4n) is 1.31. The standard InChI is InChI=1S/C11H17NO3/c1-11(2,6-13)10(12)8-5-7(14)3-4-9(8)15/h3-5,10,13-15H,6,12H2,1-2H3/t10-/m1/s1. The molecule has 0 aromatic heterocycles. The molecular formula is C11H17NO3. The van der Waals surface area contributed by atoms with E-state index in [1.54, 1.807) is 13.8 Å². The number of benzene rings is 1. The van der Waals surface area contributed by atoms with Crippen molar-refractivity contribution in [2.45, 2.75) is 19.9 Å². The van der Waals surface area contributed by atoms with Crippen LogP contribution in [0.5, 0.6) is 11.5 Å². The third-order valence-electron chi connectivity index (χ3n) is 2.60. The first-order chi connectivity index (χ1) is 6.88. The minimum atomic E-state index is -0.550. The Morgan fingerprint density at radius 1 is 1.33 bits per heavy atom. The van der Waals surface area contributed by atoms with Crippen LogP contribution >= 0.6 is 0 Å². The molecule has 5 N–H and O–H groups in total. The lowest BCUT2D eigenvalue weighted by atomic mass is 9.81. The van der Waals surface area contributed by atoms with Crippen molar-refractivity contribution in [3.8, 4) is 11.5 Å². The van der Waals surface area contributed by atoms with Gasteiger partial charge in [-0.1, -0.05) is 13.8 Å². The van der Waals surface area contributed by atoms with Crippen LogP contribution in [0.15, 0.2) is 18.2 Å². The summed E-state index contributed by atoms with van der Waals surface area (Å²) in [5.41, 5.74) is 5.81. The van der Waals surface area contributed by atoms with Crippen molar-refractivity contribution >= 4 is 0 Å². The topological polar surface area (TPSA) is 86.7 Å². The Morgan fingerprint density at radius 3 is 2.47 bits per heavy atom. The van der Waals surface area contributed by atoms with Gasteiger partial charge in [-0.25, -0.2) is 0 Å². The van der Waals surface area contributed by atoms with Crippen LogP contribution in [-0.2, 0) is 0 Å². The van der Waals surface area contributed by atoms with Crippen molar-refractivity contribution in [1.29, 1.82) is 0 Å². The van der Waals surface area contributed by atoms with Crippen LogP contribution in [-0.4, -0.2) is 21.9 Å². The summed E-state index contributed by atoms with van der Waals surface area (Å²) in [5.74, 6) is 0.0776. The van der Waals surface area contributed by atoms with Gasteiger partial charge in [0.15, 0.2) is 0 Å². The van der Waals surface area contributed by atoms with Crippen LogP contribution in [0.4, 0.5) is 0 Å². The average molecular weight is 211 g/mol. The Hall–Kier alpha value is -1.26. The first kappa shape index (κ1) is 11.8. The zero-order valence-corrected chi connectivity index (χ0v) is 8.94. The number of phenolic OH excluding ortho intramolecular Hbond substituents is 2. The molecule has 0 amide bonds. The molecule has 1 atom stereocenters. The summed E-state index contributed by atoms with van der Waals surface area (Å²) in [7, 11) is 0. The van der Waals surface area contributed by atoms with Crippen molar-refractivity contribution in [2.24, 2.45) is 11.1 Å². The first-order valence-electron chi connectivity index (χ1n) is 4.77.